The van der Waals surface area contributed by atoms with Crippen LogP contribution in [0.4, 0.5) is 0 Å². The van der Waals surface area contributed by atoms with E-state index >= 15 is 0 Å². The van der Waals surface area contributed by atoms with Crippen molar-refractivity contribution in [3.8, 4) is 5.75 Å². The van der Waals surface area contributed by atoms with Crippen molar-refractivity contribution < 1.29 is 9.53 Å². The molecule has 0 aliphatic carbocycles. The van der Waals surface area contributed by atoms with Crippen molar-refractivity contribution in [3.05, 3.63) is 57.3 Å². The van der Waals surface area contributed by atoms with Crippen molar-refractivity contribution in [1.82, 2.24) is 4.57 Å². The second-order valence-electron chi connectivity index (χ2n) is 6.26. The van der Waals surface area contributed by atoms with Gasteiger partial charge in [-0.1, -0.05) is 34.2 Å². The van der Waals surface area contributed by atoms with E-state index in [4.69, 9.17) is 4.74 Å². The minimum atomic E-state index is -0.239. The average molecular weight is 433 g/mol. The average Bonchev–Trinajstić information content (AvgIpc) is 2.91. The molecule has 0 bridgehead atoms. The van der Waals surface area contributed by atoms with Crippen LogP contribution in [0, 0.1) is 0 Å². The summed E-state index contributed by atoms with van der Waals surface area (Å²) in [5.41, 5.74) is 1.66. The largest absolute Gasteiger partial charge is 0.491 e. The van der Waals surface area contributed by atoms with Crippen molar-refractivity contribution in [2.75, 3.05) is 0 Å². The Hall–Kier alpha value is -1.92. The fourth-order valence-corrected chi connectivity index (χ4v) is 4.28. The van der Waals surface area contributed by atoms with Gasteiger partial charge >= 0.3 is 0 Å². The van der Waals surface area contributed by atoms with Gasteiger partial charge in [0.05, 0.1) is 16.3 Å². The number of hydrogen-bond acceptors (Lipinski definition) is 3. The number of halogens is 1. The molecule has 1 aromatic heterocycles. The Morgan fingerprint density at radius 2 is 1.96 bits per heavy atom. The third-order valence-corrected chi connectivity index (χ3v) is 5.30. The molecule has 0 radical (unpaired) electrons. The summed E-state index contributed by atoms with van der Waals surface area (Å²) in [5.74, 6) is 0.515. The molecule has 26 heavy (non-hydrogen) atoms. The quantitative estimate of drug-likeness (QED) is 0.541. The van der Waals surface area contributed by atoms with Crippen LogP contribution >= 0.6 is 27.3 Å². The van der Waals surface area contributed by atoms with Gasteiger partial charge in [-0.05, 0) is 62.7 Å². The van der Waals surface area contributed by atoms with Gasteiger partial charge in [-0.2, -0.15) is 4.99 Å². The molecule has 4 nitrogen and oxygen atoms in total. The summed E-state index contributed by atoms with van der Waals surface area (Å²) in [6, 6.07) is 13.3. The molecule has 6 heteroatoms. The number of ether oxygens (including phenoxy) is 1. The maximum absolute atomic E-state index is 12.6. The standard InChI is InChI=1S/C20H21BrN2O2S/c1-4-11-23-17-10-7-15(21)12-18(17)26-20(23)22-19(24)14-5-8-16(9-6-14)25-13(2)3/h5-10,12-13H,4,11H2,1-3H3. The molecule has 0 aliphatic heterocycles. The Bertz CT molecular complexity index is 987. The molecule has 0 unspecified atom stereocenters. The number of aromatic nitrogens is 1. The Balaban J connectivity index is 1.98. The van der Waals surface area contributed by atoms with Crippen LogP contribution in [-0.2, 0) is 6.54 Å². The number of carbonyl (C=O) groups excluding carboxylic acids is 1. The predicted octanol–water partition coefficient (Wildman–Crippen LogP) is 5.40. The number of carbonyl (C=O) groups is 1. The highest BCUT2D eigenvalue weighted by atomic mass is 79.9. The van der Waals surface area contributed by atoms with E-state index in [1.165, 1.54) is 11.3 Å². The van der Waals surface area contributed by atoms with Gasteiger partial charge in [-0.25, -0.2) is 0 Å². The highest BCUT2D eigenvalue weighted by Crippen LogP contribution is 2.22. The zero-order valence-electron chi connectivity index (χ0n) is 15.0. The Morgan fingerprint density at radius 1 is 1.23 bits per heavy atom. The molecule has 1 amide bonds. The van der Waals surface area contributed by atoms with Crippen LogP contribution in [0.3, 0.4) is 0 Å². The summed E-state index contributed by atoms with van der Waals surface area (Å²) in [6.07, 6.45) is 1.08. The first-order valence-electron chi connectivity index (χ1n) is 8.62. The number of fused-ring (bicyclic) bond motifs is 1. The van der Waals surface area contributed by atoms with Crippen molar-refractivity contribution in [2.45, 2.75) is 39.8 Å². The van der Waals surface area contributed by atoms with Crippen LogP contribution < -0.4 is 9.54 Å². The van der Waals surface area contributed by atoms with Gasteiger partial charge in [-0.15, -0.1) is 0 Å². The topological polar surface area (TPSA) is 43.6 Å². The number of rotatable bonds is 5. The Kier molecular flexibility index (Phi) is 5.94. The SMILES string of the molecule is CCCn1c(=NC(=O)c2ccc(OC(C)C)cc2)sc2cc(Br)ccc21. The highest BCUT2D eigenvalue weighted by Gasteiger charge is 2.10. The molecule has 0 N–H and O–H groups in total. The van der Waals surface area contributed by atoms with E-state index in [2.05, 4.69) is 44.5 Å². The number of aryl methyl sites for hydroxylation is 1. The number of amides is 1. The molecule has 1 heterocycles. The van der Waals surface area contributed by atoms with E-state index in [1.54, 1.807) is 12.1 Å². The number of hydrogen-bond donors (Lipinski definition) is 0. The monoisotopic (exact) mass is 432 g/mol. The van der Waals surface area contributed by atoms with Crippen LogP contribution in [0.25, 0.3) is 10.2 Å². The molecule has 0 aliphatic rings. The van der Waals surface area contributed by atoms with Crippen molar-refractivity contribution in [3.63, 3.8) is 0 Å². The van der Waals surface area contributed by atoms with Crippen LogP contribution in [0.5, 0.6) is 5.75 Å². The summed E-state index contributed by atoms with van der Waals surface area (Å²) in [7, 11) is 0. The molecule has 136 valence electrons. The Morgan fingerprint density at radius 3 is 2.62 bits per heavy atom. The van der Waals surface area contributed by atoms with Gasteiger partial charge in [0.1, 0.15) is 5.75 Å². The minimum absolute atomic E-state index is 0.104. The van der Waals surface area contributed by atoms with Crippen molar-refractivity contribution in [1.29, 1.82) is 0 Å². The summed E-state index contributed by atoms with van der Waals surface area (Å²) >= 11 is 5.04. The lowest BCUT2D eigenvalue weighted by molar-refractivity contribution is 0.0998. The van der Waals surface area contributed by atoms with Crippen molar-refractivity contribution >= 4 is 43.4 Å². The maximum atomic E-state index is 12.6. The smallest absolute Gasteiger partial charge is 0.279 e. The summed E-state index contributed by atoms with van der Waals surface area (Å²) in [6.45, 7) is 6.89. The molecular formula is C20H21BrN2O2S. The lowest BCUT2D eigenvalue weighted by atomic mass is 10.2. The first-order valence-corrected chi connectivity index (χ1v) is 10.2. The molecule has 0 atom stereocenters. The summed E-state index contributed by atoms with van der Waals surface area (Å²) in [4.78, 5) is 17.7. The van der Waals surface area contributed by atoms with E-state index in [9.17, 15) is 4.79 Å². The van der Waals surface area contributed by atoms with Gasteiger partial charge in [0, 0.05) is 16.6 Å². The third-order valence-electron chi connectivity index (χ3n) is 3.76. The van der Waals surface area contributed by atoms with Crippen LogP contribution in [0.1, 0.15) is 37.6 Å². The first-order chi connectivity index (χ1) is 12.5. The fraction of sp³-hybridized carbons (Fsp3) is 0.300. The van der Waals surface area contributed by atoms with E-state index in [0.717, 1.165) is 38.2 Å². The number of thiazole rings is 1. The molecule has 0 saturated carbocycles. The van der Waals surface area contributed by atoms with Gasteiger partial charge in [0.15, 0.2) is 4.80 Å². The van der Waals surface area contributed by atoms with E-state index in [0.29, 0.717) is 5.56 Å². The number of nitrogens with zero attached hydrogens (tertiary/aromatic N) is 2. The molecular weight excluding hydrogens is 412 g/mol. The van der Waals surface area contributed by atoms with Gasteiger partial charge < -0.3 is 9.30 Å². The molecule has 3 aromatic rings. The van der Waals surface area contributed by atoms with Crippen LogP contribution in [0.2, 0.25) is 0 Å². The normalized spacial score (nSPS) is 12.1. The third kappa shape index (κ3) is 4.24. The van der Waals surface area contributed by atoms with E-state index in [1.807, 2.05) is 32.0 Å². The fourth-order valence-electron chi connectivity index (χ4n) is 2.67. The maximum Gasteiger partial charge on any atom is 0.279 e. The zero-order valence-corrected chi connectivity index (χ0v) is 17.4. The summed E-state index contributed by atoms with van der Waals surface area (Å²) in [5, 5.41) is 0. The summed E-state index contributed by atoms with van der Waals surface area (Å²) < 4.78 is 9.87. The minimum Gasteiger partial charge on any atom is -0.491 e. The molecule has 0 saturated heterocycles. The van der Waals surface area contributed by atoms with Gasteiger partial charge in [0.2, 0.25) is 0 Å². The van der Waals surface area contributed by atoms with Gasteiger partial charge in [0.25, 0.3) is 5.91 Å². The molecule has 0 fully saturated rings. The molecule has 3 rings (SSSR count). The molecule has 0 spiro atoms. The second-order valence-corrected chi connectivity index (χ2v) is 8.18. The van der Waals surface area contributed by atoms with E-state index < -0.39 is 0 Å². The second kappa shape index (κ2) is 8.18. The predicted molar refractivity (Wildman–Crippen MR) is 110 cm³/mol. The highest BCUT2D eigenvalue weighted by molar-refractivity contribution is 9.10. The van der Waals surface area contributed by atoms with Crippen molar-refractivity contribution in [2.24, 2.45) is 4.99 Å². The zero-order chi connectivity index (χ0) is 18.7. The van der Waals surface area contributed by atoms with E-state index in [-0.39, 0.29) is 12.0 Å². The molecule has 2 aromatic carbocycles. The first kappa shape index (κ1) is 18.9. The number of benzene rings is 2. The lowest BCUT2D eigenvalue weighted by Crippen LogP contribution is -2.16. The Labute approximate surface area is 165 Å². The van der Waals surface area contributed by atoms with Crippen LogP contribution in [-0.4, -0.2) is 16.6 Å². The lowest BCUT2D eigenvalue weighted by Gasteiger charge is -2.09. The van der Waals surface area contributed by atoms with Gasteiger partial charge in [-0.3, -0.25) is 4.79 Å². The van der Waals surface area contributed by atoms with Crippen LogP contribution in [0.15, 0.2) is 51.9 Å².